The predicted molar refractivity (Wildman–Crippen MR) is 407 cm³/mol. The highest BCUT2D eigenvalue weighted by Crippen LogP contribution is 2.58. The number of ether oxygens (including phenoxy) is 2. The van der Waals surface area contributed by atoms with Gasteiger partial charge in [0.25, 0.3) is 0 Å². The molecule has 12 aromatic rings. The van der Waals surface area contributed by atoms with Crippen molar-refractivity contribution in [3.8, 4) is 74.1 Å². The van der Waals surface area contributed by atoms with Crippen molar-refractivity contribution in [3.63, 3.8) is 0 Å². The second kappa shape index (κ2) is 29.9. The van der Waals surface area contributed by atoms with Gasteiger partial charge in [-0.05, 0) is 241 Å². The van der Waals surface area contributed by atoms with Crippen LogP contribution in [0.2, 0.25) is 0 Å². The average molecular weight is 1400 g/mol. The normalized spacial score (nSPS) is 13.5. The first-order valence-corrected chi connectivity index (χ1v) is 39.1. The molecule has 0 aliphatic carbocycles. The lowest BCUT2D eigenvalue weighted by molar-refractivity contribution is 0.233. The van der Waals surface area contributed by atoms with Crippen LogP contribution < -0.4 is 9.47 Å². The van der Waals surface area contributed by atoms with Gasteiger partial charge in [-0.25, -0.2) is 0 Å². The van der Waals surface area contributed by atoms with Gasteiger partial charge in [-0.2, -0.15) is 0 Å². The van der Waals surface area contributed by atoms with Crippen molar-refractivity contribution in [1.29, 1.82) is 0 Å². The summed E-state index contributed by atoms with van der Waals surface area (Å²) in [6.45, 7) is 20.2. The highest BCUT2D eigenvalue weighted by molar-refractivity contribution is 9.11. The molecular weight excluding hydrogens is 1300 g/mol. The molecule has 4 atom stereocenters. The third-order valence-corrected chi connectivity index (χ3v) is 25.8. The topological polar surface area (TPSA) is 18.5 Å². The summed E-state index contributed by atoms with van der Waals surface area (Å²) < 4.78 is 15.6. The molecule has 90 heavy (non-hydrogen) atoms. The van der Waals surface area contributed by atoms with E-state index < -0.39 is 0 Å². The molecule has 4 aromatic heterocycles. The van der Waals surface area contributed by atoms with Gasteiger partial charge in [0.2, 0.25) is 0 Å². The Kier molecular flexibility index (Phi) is 21.6. The van der Waals surface area contributed by atoms with Gasteiger partial charge in [-0.15, -0.1) is 45.3 Å². The largest absolute Gasteiger partial charge is 0.493 e. The average Bonchev–Trinajstić information content (AvgIpc) is 0.832. The van der Waals surface area contributed by atoms with Crippen molar-refractivity contribution in [2.75, 3.05) is 13.2 Å². The third kappa shape index (κ3) is 13.5. The molecule has 0 amide bonds. The van der Waals surface area contributed by atoms with Crippen molar-refractivity contribution < 1.29 is 9.47 Å². The molecule has 4 heterocycles. The van der Waals surface area contributed by atoms with E-state index in [1.54, 1.807) is 0 Å². The molecule has 0 saturated carbocycles. The zero-order valence-corrected chi connectivity index (χ0v) is 60.8. The maximum Gasteiger partial charge on any atom is 0.119 e. The van der Waals surface area contributed by atoms with E-state index in [2.05, 4.69) is 221 Å². The minimum atomic E-state index is 0.561. The van der Waals surface area contributed by atoms with Gasteiger partial charge in [0.1, 0.15) is 11.5 Å². The molecule has 468 valence electrons. The molecular formula is C82H90Br2O2S4. The molecule has 0 saturated heterocycles. The Bertz CT molecular complexity index is 4030. The lowest BCUT2D eigenvalue weighted by Crippen LogP contribution is -2.11. The lowest BCUT2D eigenvalue weighted by atomic mass is 9.78. The van der Waals surface area contributed by atoms with Crippen molar-refractivity contribution in [2.24, 2.45) is 23.7 Å². The smallest absolute Gasteiger partial charge is 0.119 e. The Morgan fingerprint density at radius 2 is 0.722 bits per heavy atom. The number of hydrogen-bond donors (Lipinski definition) is 0. The molecule has 0 fully saturated rings. The van der Waals surface area contributed by atoms with E-state index in [4.69, 9.17) is 9.47 Å². The van der Waals surface area contributed by atoms with Crippen LogP contribution in [0.3, 0.4) is 0 Å². The first-order chi connectivity index (χ1) is 44.1. The van der Waals surface area contributed by atoms with Crippen LogP contribution in [-0.4, -0.2) is 13.2 Å². The van der Waals surface area contributed by atoms with Gasteiger partial charge >= 0.3 is 0 Å². The van der Waals surface area contributed by atoms with E-state index in [9.17, 15) is 0 Å². The summed E-state index contributed by atoms with van der Waals surface area (Å²) in [6, 6.07) is 52.4. The van der Waals surface area contributed by atoms with Crippen molar-refractivity contribution in [3.05, 3.63) is 152 Å². The Morgan fingerprint density at radius 3 is 1.07 bits per heavy atom. The van der Waals surface area contributed by atoms with Gasteiger partial charge < -0.3 is 9.47 Å². The van der Waals surface area contributed by atoms with Gasteiger partial charge in [-0.3, -0.25) is 0 Å². The zero-order chi connectivity index (χ0) is 62.4. The molecule has 8 heteroatoms. The van der Waals surface area contributed by atoms with Gasteiger partial charge in [0.15, 0.2) is 0 Å². The van der Waals surface area contributed by atoms with E-state index in [1.807, 2.05) is 45.3 Å². The molecule has 8 aromatic carbocycles. The molecule has 0 aliphatic heterocycles. The van der Waals surface area contributed by atoms with Crippen LogP contribution >= 0.6 is 77.2 Å². The quantitative estimate of drug-likeness (QED) is 0.0309. The van der Waals surface area contributed by atoms with Crippen LogP contribution in [0.5, 0.6) is 11.5 Å². The standard InChI is InChI=1S/C82H90Br2O2S4/c1-9-17-23-51(13-5)43-57-45-71(89-81(57)69-39-41-73(83)87-69)75-63-29-21-27-61-66(56-33-37-60(38-34-56)86-50-54(16-8)26-20-12-4)48-68-76(72-46-58(44-52(14-6)24-18-10-2)82(90-72)70-40-42-74(84)88-70)64-30-22-28-62-65(47-67(75)79(78(62)64)80(68)77(61)63)55-31-35-59(36-32-55)85-49-53(15-7)25-19-11-3/h21-22,27-42,45-48,51-54H,9-20,23-26,43-44,49-50H2,1-8H3. The maximum atomic E-state index is 6.63. The summed E-state index contributed by atoms with van der Waals surface area (Å²) in [6.07, 6.45) is 21.6. The Balaban J connectivity index is 1.17. The number of thiophene rings is 4. The van der Waals surface area contributed by atoms with E-state index in [0.29, 0.717) is 23.7 Å². The van der Waals surface area contributed by atoms with Crippen LogP contribution in [0.15, 0.2) is 141 Å². The fourth-order valence-corrected chi connectivity index (χ4v) is 20.1. The first-order valence-electron chi connectivity index (χ1n) is 34.3. The summed E-state index contributed by atoms with van der Waals surface area (Å²) in [7, 11) is 0. The number of unbranched alkanes of at least 4 members (excludes halogenated alkanes) is 4. The molecule has 0 radical (unpaired) electrons. The summed E-state index contributed by atoms with van der Waals surface area (Å²) in [5.74, 6) is 4.26. The molecule has 0 N–H and O–H groups in total. The van der Waals surface area contributed by atoms with E-state index >= 15 is 0 Å². The monoisotopic (exact) mass is 1390 g/mol. The Morgan fingerprint density at radius 1 is 0.356 bits per heavy atom. The minimum absolute atomic E-state index is 0.561. The van der Waals surface area contributed by atoms with Crippen LogP contribution in [0.25, 0.3) is 117 Å². The zero-order valence-electron chi connectivity index (χ0n) is 54.4. The van der Waals surface area contributed by atoms with E-state index in [0.717, 1.165) is 50.4 Å². The van der Waals surface area contributed by atoms with Crippen LogP contribution in [0.4, 0.5) is 0 Å². The number of hydrogen-bond acceptors (Lipinski definition) is 6. The van der Waals surface area contributed by atoms with E-state index in [1.165, 1.54) is 225 Å². The first kappa shape index (κ1) is 65.0. The van der Waals surface area contributed by atoms with Crippen molar-refractivity contribution in [2.45, 2.75) is 171 Å². The SMILES string of the molecule is CCCCC(CC)COc1ccc(-c2cc3c(-c4cc(CC(CC)CCCC)c(-c5ccc(Br)s5)s4)c4cccc5c(-c6ccc(OCC(CC)CCCC)cc6)cc6c(-c7cc(CC(CC)CCCC)c(-c8ccc(Br)s8)s7)c7cccc2c7c3c6c54)cc1. The van der Waals surface area contributed by atoms with Crippen LogP contribution in [0, 0.1) is 23.7 Å². The predicted octanol–water partition coefficient (Wildman–Crippen LogP) is 28.8. The molecule has 0 bridgehead atoms. The molecule has 0 aliphatic rings. The summed E-state index contributed by atoms with van der Waals surface area (Å²) in [5.41, 5.74) is 10.6. The third-order valence-electron chi connectivity index (χ3n) is 19.8. The maximum absolute atomic E-state index is 6.63. The second-order valence-electron chi connectivity index (χ2n) is 25.8. The minimum Gasteiger partial charge on any atom is -0.493 e. The van der Waals surface area contributed by atoms with Gasteiger partial charge in [0.05, 0.1) is 20.8 Å². The second-order valence-corrected chi connectivity index (χ2v) is 32.8. The fourth-order valence-electron chi connectivity index (χ4n) is 14.5. The molecule has 2 nitrogen and oxygen atoms in total. The van der Waals surface area contributed by atoms with Crippen molar-refractivity contribution >= 4 is 131 Å². The Labute approximate surface area is 569 Å². The molecule has 0 spiro atoms. The summed E-state index contributed by atoms with van der Waals surface area (Å²) in [4.78, 5) is 8.21. The highest BCUT2D eigenvalue weighted by Gasteiger charge is 2.30. The number of benzene rings is 8. The van der Waals surface area contributed by atoms with E-state index in [-0.39, 0.29) is 0 Å². The lowest BCUT2D eigenvalue weighted by Gasteiger charge is -2.25. The van der Waals surface area contributed by atoms with Gasteiger partial charge in [-0.1, -0.05) is 206 Å². The fraction of sp³-hybridized carbons (Fsp3) is 0.390. The highest BCUT2D eigenvalue weighted by atomic mass is 79.9. The Hall–Kier alpha value is -5.06. The number of rotatable bonds is 32. The van der Waals surface area contributed by atoms with Crippen LogP contribution in [0.1, 0.15) is 169 Å². The molecule has 12 rings (SSSR count). The number of halogens is 2. The summed E-state index contributed by atoms with van der Waals surface area (Å²) in [5, 5.41) is 13.3. The van der Waals surface area contributed by atoms with Crippen molar-refractivity contribution in [1.82, 2.24) is 0 Å². The van der Waals surface area contributed by atoms with Gasteiger partial charge in [0, 0.05) is 40.4 Å². The van der Waals surface area contributed by atoms with Crippen LogP contribution in [-0.2, 0) is 12.8 Å². The molecule has 4 unspecified atom stereocenters. The summed E-state index contributed by atoms with van der Waals surface area (Å²) >= 11 is 15.6.